The molecule has 0 bridgehead atoms. The first-order valence-corrected chi connectivity index (χ1v) is 12.4. The molecule has 1 N–H and O–H groups in total. The van der Waals surface area contributed by atoms with Crippen LogP contribution in [0.4, 0.5) is 5.69 Å². The number of ketones is 1. The van der Waals surface area contributed by atoms with E-state index in [0.717, 1.165) is 30.7 Å². The van der Waals surface area contributed by atoms with E-state index in [9.17, 15) is 9.59 Å². The molecule has 4 rings (SSSR count). The Labute approximate surface area is 202 Å². The van der Waals surface area contributed by atoms with Gasteiger partial charge in [-0.2, -0.15) is 5.26 Å². The Hall–Kier alpha value is -2.82. The lowest BCUT2D eigenvalue weighted by atomic mass is 9.93. The maximum absolute atomic E-state index is 12.4. The van der Waals surface area contributed by atoms with Crippen LogP contribution in [0.1, 0.15) is 54.4 Å². The van der Waals surface area contributed by atoms with Crippen molar-refractivity contribution in [3.63, 3.8) is 0 Å². The van der Waals surface area contributed by atoms with Gasteiger partial charge in [0.25, 0.3) is 0 Å². The number of amides is 1. The highest BCUT2D eigenvalue weighted by atomic mass is 35.5. The predicted molar refractivity (Wildman–Crippen MR) is 131 cm³/mol. The van der Waals surface area contributed by atoms with Crippen LogP contribution in [-0.2, 0) is 4.79 Å². The quantitative estimate of drug-likeness (QED) is 0.591. The molecule has 1 aliphatic heterocycles. The van der Waals surface area contributed by atoms with E-state index in [1.165, 1.54) is 11.8 Å². The maximum atomic E-state index is 12.4. The Bertz CT molecular complexity index is 1120. The summed E-state index contributed by atoms with van der Waals surface area (Å²) in [5.74, 6) is 1.34. The van der Waals surface area contributed by atoms with Crippen LogP contribution in [0.5, 0.6) is 5.75 Å². The third-order valence-corrected chi connectivity index (χ3v) is 7.07. The van der Waals surface area contributed by atoms with Gasteiger partial charge in [0.1, 0.15) is 11.8 Å². The van der Waals surface area contributed by atoms with Gasteiger partial charge in [-0.25, -0.2) is 4.99 Å². The number of halogens is 1. The molecule has 8 heteroatoms. The molecule has 2 aromatic carbocycles. The van der Waals surface area contributed by atoms with Crippen LogP contribution < -0.4 is 10.1 Å². The number of fused-ring (bicyclic) bond motifs is 1. The third kappa shape index (κ3) is 6.16. The first kappa shape index (κ1) is 23.3. The summed E-state index contributed by atoms with van der Waals surface area (Å²) < 4.78 is 6.01. The average Bonchev–Trinajstić information content (AvgIpc) is 2.81. The summed E-state index contributed by atoms with van der Waals surface area (Å²) in [7, 11) is 0. The molecule has 6 nitrogen and oxygen atoms in total. The van der Waals surface area contributed by atoms with Crippen molar-refractivity contribution in [3.05, 3.63) is 58.6 Å². The first-order chi connectivity index (χ1) is 16.0. The maximum Gasteiger partial charge on any atom is 0.221 e. The molecule has 1 heterocycles. The van der Waals surface area contributed by atoms with Crippen molar-refractivity contribution in [1.82, 2.24) is 5.32 Å². The number of aliphatic imine (C=N–C) groups is 1. The fourth-order valence-corrected chi connectivity index (χ4v) is 5.12. The Kier molecular flexibility index (Phi) is 7.69. The van der Waals surface area contributed by atoms with Crippen molar-refractivity contribution >= 4 is 45.8 Å². The van der Waals surface area contributed by atoms with E-state index in [1.54, 1.807) is 24.3 Å². The summed E-state index contributed by atoms with van der Waals surface area (Å²) in [6.07, 6.45) is 4.12. The molecule has 2 aromatic rings. The van der Waals surface area contributed by atoms with Crippen molar-refractivity contribution in [2.45, 2.75) is 50.7 Å². The van der Waals surface area contributed by atoms with Crippen LogP contribution in [0.3, 0.4) is 0 Å². The number of para-hydroxylation sites is 1. The summed E-state index contributed by atoms with van der Waals surface area (Å²) in [6, 6.07) is 14.7. The highest BCUT2D eigenvalue weighted by Gasteiger charge is 2.24. The number of nitrogens with zero attached hydrogens (tertiary/aromatic N) is 2. The lowest BCUT2D eigenvalue weighted by Gasteiger charge is -2.29. The molecular weight excluding hydrogens is 458 g/mol. The lowest BCUT2D eigenvalue weighted by molar-refractivity contribution is -0.121. The molecule has 0 spiro atoms. The van der Waals surface area contributed by atoms with Crippen LogP contribution in [0.2, 0.25) is 5.02 Å². The van der Waals surface area contributed by atoms with Crippen LogP contribution >= 0.6 is 23.4 Å². The van der Waals surface area contributed by atoms with Gasteiger partial charge in [0, 0.05) is 23.8 Å². The minimum atomic E-state index is 0.0198. The lowest BCUT2D eigenvalue weighted by Crippen LogP contribution is -2.39. The van der Waals surface area contributed by atoms with Crippen molar-refractivity contribution in [2.24, 2.45) is 4.99 Å². The van der Waals surface area contributed by atoms with Gasteiger partial charge in [-0.3, -0.25) is 9.59 Å². The normalized spacial score (nSPS) is 19.8. The smallest absolute Gasteiger partial charge is 0.221 e. The van der Waals surface area contributed by atoms with Crippen LogP contribution in [0, 0.1) is 11.3 Å². The number of nitrogens with one attached hydrogen (secondary N) is 1. The van der Waals surface area contributed by atoms with Gasteiger partial charge in [-0.05, 0) is 56.0 Å². The molecule has 0 atom stereocenters. The van der Waals surface area contributed by atoms with E-state index in [1.807, 2.05) is 18.2 Å². The zero-order chi connectivity index (χ0) is 23.2. The van der Waals surface area contributed by atoms with E-state index in [2.05, 4.69) is 16.4 Å². The predicted octanol–water partition coefficient (Wildman–Crippen LogP) is 5.46. The van der Waals surface area contributed by atoms with Gasteiger partial charge >= 0.3 is 0 Å². The zero-order valence-corrected chi connectivity index (χ0v) is 19.6. The summed E-state index contributed by atoms with van der Waals surface area (Å²) >= 11 is 7.45. The second-order valence-electron chi connectivity index (χ2n) is 8.13. The molecule has 170 valence electrons. The largest absolute Gasteiger partial charge is 0.490 e. The molecule has 2 aliphatic rings. The Morgan fingerprint density at radius 1 is 1.21 bits per heavy atom. The number of hydrogen-bond acceptors (Lipinski definition) is 6. The number of thioether (sulfide) groups is 1. The Balaban J connectivity index is 1.18. The molecule has 1 aliphatic carbocycles. The minimum absolute atomic E-state index is 0.0198. The van der Waals surface area contributed by atoms with E-state index >= 15 is 0 Å². The van der Waals surface area contributed by atoms with Gasteiger partial charge < -0.3 is 10.1 Å². The number of carbonyl (C=O) groups excluding carboxylic acids is 2. The van der Waals surface area contributed by atoms with Crippen LogP contribution in [0.15, 0.2) is 47.5 Å². The topological polar surface area (TPSA) is 91.5 Å². The van der Waals surface area contributed by atoms with Gasteiger partial charge in [-0.1, -0.05) is 23.7 Å². The molecule has 1 saturated carbocycles. The van der Waals surface area contributed by atoms with Crippen molar-refractivity contribution in [1.29, 1.82) is 5.26 Å². The van der Waals surface area contributed by atoms with E-state index in [-0.39, 0.29) is 23.8 Å². The highest BCUT2D eigenvalue weighted by Crippen LogP contribution is 2.29. The van der Waals surface area contributed by atoms with E-state index < -0.39 is 0 Å². The van der Waals surface area contributed by atoms with E-state index in [0.29, 0.717) is 46.2 Å². The summed E-state index contributed by atoms with van der Waals surface area (Å²) in [5, 5.41) is 13.4. The van der Waals surface area contributed by atoms with Crippen molar-refractivity contribution in [2.75, 3.05) is 5.75 Å². The number of carbonyl (C=O) groups is 2. The molecule has 0 saturated heterocycles. The number of benzene rings is 2. The fourth-order valence-electron chi connectivity index (χ4n) is 4.04. The minimum Gasteiger partial charge on any atom is -0.490 e. The van der Waals surface area contributed by atoms with Gasteiger partial charge in [0.2, 0.25) is 5.91 Å². The Morgan fingerprint density at radius 2 is 2.00 bits per heavy atom. The molecule has 0 aromatic heterocycles. The van der Waals surface area contributed by atoms with Crippen molar-refractivity contribution < 1.29 is 14.3 Å². The molecule has 33 heavy (non-hydrogen) atoms. The third-order valence-electron chi connectivity index (χ3n) is 5.76. The average molecular weight is 482 g/mol. The molecule has 0 radical (unpaired) electrons. The summed E-state index contributed by atoms with van der Waals surface area (Å²) in [5.41, 5.74) is 1.78. The molecule has 1 amide bonds. The SMILES string of the molecule is N#Cc1cc(OC2CCC(NC(=O)CCSC3=Nc4ccccc4C(=O)C3)CC2)ccc1Cl. The number of ether oxygens (including phenoxy) is 1. The van der Waals surface area contributed by atoms with Gasteiger partial charge in [-0.15, -0.1) is 11.8 Å². The zero-order valence-electron chi connectivity index (χ0n) is 18.1. The van der Waals surface area contributed by atoms with Gasteiger partial charge in [0.15, 0.2) is 5.78 Å². The van der Waals surface area contributed by atoms with Crippen LogP contribution in [0.25, 0.3) is 0 Å². The second kappa shape index (κ2) is 10.9. The van der Waals surface area contributed by atoms with Gasteiger partial charge in [0.05, 0.1) is 33.8 Å². The number of Topliss-reactive ketones (excluding diaryl/α,β-unsaturated/α-hetero) is 1. The molecule has 0 unspecified atom stereocenters. The summed E-state index contributed by atoms with van der Waals surface area (Å²) in [6.45, 7) is 0. The standard InChI is InChI=1S/C25H24ClN3O3S/c26-21-10-9-19(13-16(21)15-27)32-18-7-5-17(6-8-18)28-24(31)11-12-33-25-14-23(30)20-3-1-2-4-22(20)29-25/h1-4,9-10,13,17-18H,5-8,11-12,14H2,(H,28,31). The van der Waals surface area contributed by atoms with Crippen LogP contribution in [-0.4, -0.2) is 34.6 Å². The number of rotatable bonds is 6. The monoisotopic (exact) mass is 481 g/mol. The molecular formula is C25H24ClN3O3S. The second-order valence-corrected chi connectivity index (χ2v) is 9.71. The highest BCUT2D eigenvalue weighted by molar-refractivity contribution is 8.14. The number of nitriles is 1. The first-order valence-electron chi connectivity index (χ1n) is 11.0. The summed E-state index contributed by atoms with van der Waals surface area (Å²) in [4.78, 5) is 29.2. The van der Waals surface area contributed by atoms with E-state index in [4.69, 9.17) is 21.6 Å². The van der Waals surface area contributed by atoms with Crippen molar-refractivity contribution in [3.8, 4) is 11.8 Å². The molecule has 1 fully saturated rings. The number of hydrogen-bond donors (Lipinski definition) is 1. The fraction of sp³-hybridized carbons (Fsp3) is 0.360. The Morgan fingerprint density at radius 3 is 2.79 bits per heavy atom.